The first kappa shape index (κ1) is 25.1. The van der Waals surface area contributed by atoms with E-state index in [2.05, 4.69) is 10.6 Å². The summed E-state index contributed by atoms with van der Waals surface area (Å²) in [6, 6.07) is 6.84. The van der Waals surface area contributed by atoms with E-state index < -0.39 is 53.1 Å². The second-order valence-corrected chi connectivity index (χ2v) is 9.39. The van der Waals surface area contributed by atoms with Gasteiger partial charge in [0.2, 0.25) is 0 Å². The minimum absolute atomic E-state index is 0.0224. The Hall–Kier alpha value is -2.98. The number of carbonyl (C=O) groups is 2. The molecule has 3 N–H and O–H groups in total. The molecule has 3 fully saturated rings. The maximum absolute atomic E-state index is 13.5. The normalized spacial score (nSPS) is 25.1. The van der Waals surface area contributed by atoms with Crippen molar-refractivity contribution >= 4 is 23.4 Å². The molecule has 0 aromatic heterocycles. The van der Waals surface area contributed by atoms with Gasteiger partial charge in [-0.05, 0) is 56.4 Å². The number of hydrogen-bond donors (Lipinski definition) is 3. The Labute approximate surface area is 204 Å². The van der Waals surface area contributed by atoms with Crippen LogP contribution in [0.4, 0.5) is 13.2 Å². The Morgan fingerprint density at radius 2 is 1.46 bits per heavy atom. The minimum atomic E-state index is -1.08. The van der Waals surface area contributed by atoms with Gasteiger partial charge >= 0.3 is 0 Å². The lowest BCUT2D eigenvalue weighted by Gasteiger charge is -2.56. The lowest BCUT2D eigenvalue weighted by molar-refractivity contribution is -0.137. The number of rotatable bonds is 8. The third kappa shape index (κ3) is 5.65. The van der Waals surface area contributed by atoms with Crippen LogP contribution in [0, 0.1) is 17.5 Å². The van der Waals surface area contributed by atoms with Crippen molar-refractivity contribution in [3.05, 3.63) is 58.9 Å². The lowest BCUT2D eigenvalue weighted by atomic mass is 9.60. The number of aliphatic hydroxyl groups excluding tert-OH is 1. The van der Waals surface area contributed by atoms with E-state index >= 15 is 0 Å². The molecule has 1 atom stereocenters. The van der Waals surface area contributed by atoms with Crippen molar-refractivity contribution in [1.82, 2.24) is 10.6 Å². The fraction of sp³-hybridized carbons (Fsp3) is 0.417. The number of amides is 2. The second-order valence-electron chi connectivity index (χ2n) is 8.98. The van der Waals surface area contributed by atoms with E-state index in [0.717, 1.165) is 18.2 Å². The minimum Gasteiger partial charge on any atom is -0.484 e. The Morgan fingerprint density at radius 3 is 2.03 bits per heavy atom. The quantitative estimate of drug-likeness (QED) is 0.504. The van der Waals surface area contributed by atoms with Crippen molar-refractivity contribution in [1.29, 1.82) is 0 Å². The maximum Gasteiger partial charge on any atom is 0.258 e. The number of hydrogen-bond acceptors (Lipinski definition) is 5. The Balaban J connectivity index is 1.28. The molecule has 3 aliphatic carbocycles. The molecule has 0 heterocycles. The van der Waals surface area contributed by atoms with Crippen LogP contribution in [-0.2, 0) is 9.59 Å². The summed E-state index contributed by atoms with van der Waals surface area (Å²) >= 11 is 5.63. The molecule has 2 aromatic carbocycles. The monoisotopic (exact) mass is 512 g/mol. The molecule has 2 bridgehead atoms. The molecule has 7 nitrogen and oxygen atoms in total. The standard InChI is InChI=1S/C24H24ClF3N2O5/c25-16-3-1-14(9-18(16)27)35-13-22(33)30-24-7-5-23(6-8-24,11-20(24)31)29-21(32)12-34-15-2-4-17(26)19(28)10-15/h1-4,9-10,20,31H,5-8,11-13H2,(H,29,32)(H,30,33)/t20-,23?,24?/m0/s1. The third-order valence-corrected chi connectivity index (χ3v) is 6.94. The highest BCUT2D eigenvalue weighted by molar-refractivity contribution is 6.30. The van der Waals surface area contributed by atoms with Crippen molar-refractivity contribution in [2.75, 3.05) is 13.2 Å². The highest BCUT2D eigenvalue weighted by Gasteiger charge is 2.55. The summed E-state index contributed by atoms with van der Waals surface area (Å²) in [5.74, 6) is -3.49. The van der Waals surface area contributed by atoms with Crippen LogP contribution >= 0.6 is 11.6 Å². The van der Waals surface area contributed by atoms with E-state index in [1.165, 1.54) is 18.2 Å². The zero-order valence-corrected chi connectivity index (χ0v) is 19.3. The predicted octanol–water partition coefficient (Wildman–Crippen LogP) is 3.26. The van der Waals surface area contributed by atoms with Crippen LogP contribution in [0.25, 0.3) is 0 Å². The molecule has 2 amide bonds. The topological polar surface area (TPSA) is 96.9 Å². The SMILES string of the molecule is O=C(COc1ccc(F)c(F)c1)NC12CCC(NC(=O)COc3ccc(Cl)c(F)c3)(CC1)[C@@H](O)C2. The van der Waals surface area contributed by atoms with Gasteiger partial charge in [-0.15, -0.1) is 0 Å². The van der Waals surface area contributed by atoms with Crippen LogP contribution in [-0.4, -0.2) is 47.3 Å². The van der Waals surface area contributed by atoms with Crippen LogP contribution in [0.15, 0.2) is 36.4 Å². The molecular formula is C24H24ClF3N2O5. The number of aliphatic hydroxyl groups is 1. The van der Waals surface area contributed by atoms with Crippen LogP contribution in [0.1, 0.15) is 32.1 Å². The van der Waals surface area contributed by atoms with Gasteiger partial charge in [0, 0.05) is 17.7 Å². The first-order chi connectivity index (χ1) is 16.6. The number of nitrogens with one attached hydrogen (secondary N) is 2. The van der Waals surface area contributed by atoms with Gasteiger partial charge in [-0.2, -0.15) is 0 Å². The van der Waals surface area contributed by atoms with Crippen LogP contribution in [0.3, 0.4) is 0 Å². The molecule has 2 aromatic rings. The van der Waals surface area contributed by atoms with Crippen molar-refractivity contribution in [2.24, 2.45) is 0 Å². The van der Waals surface area contributed by atoms with Crippen molar-refractivity contribution in [3.63, 3.8) is 0 Å². The van der Waals surface area contributed by atoms with Crippen LogP contribution in [0.5, 0.6) is 11.5 Å². The second kappa shape index (κ2) is 9.94. The lowest BCUT2D eigenvalue weighted by Crippen LogP contribution is -2.70. The summed E-state index contributed by atoms with van der Waals surface area (Å²) < 4.78 is 50.4. The molecule has 0 unspecified atom stereocenters. The summed E-state index contributed by atoms with van der Waals surface area (Å²) in [7, 11) is 0. The summed E-state index contributed by atoms with van der Waals surface area (Å²) in [4.78, 5) is 24.9. The molecule has 0 saturated heterocycles. The average molecular weight is 513 g/mol. The van der Waals surface area contributed by atoms with Gasteiger partial charge < -0.3 is 25.2 Å². The third-order valence-electron chi connectivity index (χ3n) is 6.64. The number of benzene rings is 2. The highest BCUT2D eigenvalue weighted by Crippen LogP contribution is 2.47. The van der Waals surface area contributed by atoms with Gasteiger partial charge in [-0.25, -0.2) is 13.2 Å². The molecule has 35 heavy (non-hydrogen) atoms. The first-order valence-corrected chi connectivity index (χ1v) is 11.4. The van der Waals surface area contributed by atoms with Crippen molar-refractivity contribution < 1.29 is 37.3 Å². The largest absolute Gasteiger partial charge is 0.484 e. The Kier molecular flexibility index (Phi) is 7.14. The van der Waals surface area contributed by atoms with Crippen molar-refractivity contribution in [2.45, 2.75) is 49.3 Å². The zero-order valence-electron chi connectivity index (χ0n) is 18.6. The Morgan fingerprint density at radius 1 is 0.886 bits per heavy atom. The highest BCUT2D eigenvalue weighted by atomic mass is 35.5. The fourth-order valence-electron chi connectivity index (χ4n) is 4.74. The smallest absolute Gasteiger partial charge is 0.258 e. The van der Waals surface area contributed by atoms with Gasteiger partial charge in [0.25, 0.3) is 11.8 Å². The molecule has 0 spiro atoms. The van der Waals surface area contributed by atoms with E-state index in [1.54, 1.807) is 0 Å². The van der Waals surface area contributed by atoms with E-state index in [-0.39, 0.29) is 29.5 Å². The van der Waals surface area contributed by atoms with Crippen molar-refractivity contribution in [3.8, 4) is 11.5 Å². The van der Waals surface area contributed by atoms with Gasteiger partial charge in [0.05, 0.1) is 16.7 Å². The summed E-state index contributed by atoms with van der Waals surface area (Å²) in [5, 5.41) is 16.5. The van der Waals surface area contributed by atoms with Crippen LogP contribution < -0.4 is 20.1 Å². The van der Waals surface area contributed by atoms with Gasteiger partial charge in [0.15, 0.2) is 24.8 Å². The fourth-order valence-corrected chi connectivity index (χ4v) is 4.86. The molecule has 188 valence electrons. The summed E-state index contributed by atoms with van der Waals surface area (Å²) in [5.41, 5.74) is -1.50. The van der Waals surface area contributed by atoms with E-state index in [4.69, 9.17) is 21.1 Å². The molecular weight excluding hydrogens is 489 g/mol. The molecule has 0 aliphatic heterocycles. The maximum atomic E-state index is 13.5. The molecule has 0 radical (unpaired) electrons. The average Bonchev–Trinajstić information content (AvgIpc) is 2.82. The van der Waals surface area contributed by atoms with Gasteiger partial charge in [-0.3, -0.25) is 9.59 Å². The first-order valence-electron chi connectivity index (χ1n) is 11.1. The molecule has 3 saturated carbocycles. The van der Waals surface area contributed by atoms with E-state index in [9.17, 15) is 27.9 Å². The molecule has 5 rings (SSSR count). The van der Waals surface area contributed by atoms with E-state index in [1.807, 2.05) is 0 Å². The van der Waals surface area contributed by atoms with E-state index in [0.29, 0.717) is 25.7 Å². The summed E-state index contributed by atoms with van der Waals surface area (Å²) in [6.07, 6.45) is 1.22. The summed E-state index contributed by atoms with van der Waals surface area (Å²) in [6.45, 7) is -0.758. The van der Waals surface area contributed by atoms with Crippen LogP contribution in [0.2, 0.25) is 5.02 Å². The molecule has 11 heteroatoms. The van der Waals surface area contributed by atoms with Gasteiger partial charge in [-0.1, -0.05) is 11.6 Å². The predicted molar refractivity (Wildman–Crippen MR) is 120 cm³/mol. The zero-order chi connectivity index (χ0) is 25.2. The van der Waals surface area contributed by atoms with Gasteiger partial charge in [0.1, 0.15) is 17.3 Å². The Bertz CT molecular complexity index is 1120. The number of halogens is 4. The number of carbonyl (C=O) groups excluding carboxylic acids is 2. The number of ether oxygens (including phenoxy) is 2. The number of fused-ring (bicyclic) bond motifs is 3. The molecule has 3 aliphatic rings.